The molecular weight excluding hydrogens is 265 g/mol. The van der Waals surface area contributed by atoms with Gasteiger partial charge >= 0.3 is 0 Å². The summed E-state index contributed by atoms with van der Waals surface area (Å²) in [6.07, 6.45) is 0.724. The van der Waals surface area contributed by atoms with Crippen molar-refractivity contribution in [1.82, 2.24) is 0 Å². The van der Waals surface area contributed by atoms with E-state index in [-0.39, 0.29) is 6.04 Å². The Bertz CT molecular complexity index is 552. The van der Waals surface area contributed by atoms with E-state index in [0.717, 1.165) is 33.2 Å². The molecule has 0 spiro atoms. The molecule has 3 heteroatoms. The molecule has 94 valence electrons. The van der Waals surface area contributed by atoms with Gasteiger partial charge in [0.15, 0.2) is 0 Å². The maximum Gasteiger partial charge on any atom is 0.0438 e. The molecule has 0 fully saturated rings. The number of benzene rings is 2. The summed E-state index contributed by atoms with van der Waals surface area (Å²) < 4.78 is 0. The molecule has 0 aliphatic heterocycles. The smallest absolute Gasteiger partial charge is 0.0438 e. The molecule has 1 unspecified atom stereocenters. The van der Waals surface area contributed by atoms with Gasteiger partial charge in [-0.1, -0.05) is 47.5 Å². The standard InChI is InChI=1S/C15H15Cl2N/c1-10-8-12(16)6-7-13(10)15(18)9-11-4-2-3-5-14(11)17/h2-8,15H,9,18H2,1H3. The van der Waals surface area contributed by atoms with Gasteiger partial charge in [-0.2, -0.15) is 0 Å². The molecule has 0 saturated heterocycles. The topological polar surface area (TPSA) is 26.0 Å². The molecule has 2 aromatic carbocycles. The Morgan fingerprint density at radius 2 is 1.83 bits per heavy atom. The second kappa shape index (κ2) is 5.75. The Morgan fingerprint density at radius 3 is 2.50 bits per heavy atom. The minimum Gasteiger partial charge on any atom is -0.324 e. The largest absolute Gasteiger partial charge is 0.324 e. The van der Waals surface area contributed by atoms with Crippen molar-refractivity contribution in [3.63, 3.8) is 0 Å². The maximum atomic E-state index is 6.25. The fourth-order valence-electron chi connectivity index (χ4n) is 2.07. The third-order valence-corrected chi connectivity index (χ3v) is 3.63. The number of hydrogen-bond acceptors (Lipinski definition) is 1. The van der Waals surface area contributed by atoms with Crippen molar-refractivity contribution in [2.75, 3.05) is 0 Å². The summed E-state index contributed by atoms with van der Waals surface area (Å²) in [4.78, 5) is 0. The van der Waals surface area contributed by atoms with Crippen molar-refractivity contribution in [2.45, 2.75) is 19.4 Å². The van der Waals surface area contributed by atoms with E-state index in [1.807, 2.05) is 49.4 Å². The fourth-order valence-corrected chi connectivity index (χ4v) is 2.51. The van der Waals surface area contributed by atoms with E-state index in [9.17, 15) is 0 Å². The molecule has 0 aromatic heterocycles. The Hall–Kier alpha value is -1.02. The molecular formula is C15H15Cl2N. The molecule has 2 N–H and O–H groups in total. The van der Waals surface area contributed by atoms with Crippen LogP contribution in [-0.2, 0) is 6.42 Å². The Labute approximate surface area is 118 Å². The molecule has 1 nitrogen and oxygen atoms in total. The number of nitrogens with two attached hydrogens (primary N) is 1. The first-order valence-corrected chi connectivity index (χ1v) is 6.58. The lowest BCUT2D eigenvalue weighted by Gasteiger charge is -2.16. The average molecular weight is 280 g/mol. The Kier molecular flexibility index (Phi) is 4.28. The number of rotatable bonds is 3. The molecule has 0 aliphatic carbocycles. The van der Waals surface area contributed by atoms with Crippen LogP contribution in [0.4, 0.5) is 0 Å². The van der Waals surface area contributed by atoms with Crippen molar-refractivity contribution >= 4 is 23.2 Å². The first-order chi connectivity index (χ1) is 8.58. The van der Waals surface area contributed by atoms with Crippen LogP contribution in [0.5, 0.6) is 0 Å². The van der Waals surface area contributed by atoms with Crippen molar-refractivity contribution in [3.8, 4) is 0 Å². The molecule has 1 atom stereocenters. The lowest BCUT2D eigenvalue weighted by atomic mass is 9.96. The normalized spacial score (nSPS) is 12.4. The lowest BCUT2D eigenvalue weighted by molar-refractivity contribution is 0.717. The third kappa shape index (κ3) is 3.05. The zero-order valence-electron chi connectivity index (χ0n) is 10.2. The van der Waals surface area contributed by atoms with Crippen LogP contribution < -0.4 is 5.73 Å². The van der Waals surface area contributed by atoms with E-state index in [1.165, 1.54) is 0 Å². The Balaban J connectivity index is 2.22. The highest BCUT2D eigenvalue weighted by Crippen LogP contribution is 2.25. The summed E-state index contributed by atoms with van der Waals surface area (Å²) in [5.41, 5.74) is 9.54. The van der Waals surface area contributed by atoms with E-state index >= 15 is 0 Å². The van der Waals surface area contributed by atoms with Crippen LogP contribution in [0.2, 0.25) is 10.0 Å². The van der Waals surface area contributed by atoms with E-state index in [0.29, 0.717) is 0 Å². The summed E-state index contributed by atoms with van der Waals surface area (Å²) in [5.74, 6) is 0. The molecule has 2 aromatic rings. The van der Waals surface area contributed by atoms with Crippen LogP contribution in [-0.4, -0.2) is 0 Å². The molecule has 0 aliphatic rings. The average Bonchev–Trinajstić information content (AvgIpc) is 2.32. The van der Waals surface area contributed by atoms with Gasteiger partial charge in [-0.15, -0.1) is 0 Å². The maximum absolute atomic E-state index is 6.25. The highest BCUT2D eigenvalue weighted by Gasteiger charge is 2.11. The Morgan fingerprint density at radius 1 is 1.11 bits per heavy atom. The molecule has 0 bridgehead atoms. The van der Waals surface area contributed by atoms with Crippen LogP contribution in [0.25, 0.3) is 0 Å². The predicted octanol–water partition coefficient (Wildman–Crippen LogP) is 4.54. The molecule has 18 heavy (non-hydrogen) atoms. The van der Waals surface area contributed by atoms with E-state index in [1.54, 1.807) is 0 Å². The highest BCUT2D eigenvalue weighted by atomic mass is 35.5. The van der Waals surface area contributed by atoms with E-state index < -0.39 is 0 Å². The fraction of sp³-hybridized carbons (Fsp3) is 0.200. The van der Waals surface area contributed by atoms with Gasteiger partial charge in [-0.3, -0.25) is 0 Å². The third-order valence-electron chi connectivity index (χ3n) is 3.03. The summed E-state index contributed by atoms with van der Waals surface area (Å²) >= 11 is 12.1. The first kappa shape index (κ1) is 13.4. The van der Waals surface area contributed by atoms with E-state index in [4.69, 9.17) is 28.9 Å². The van der Waals surface area contributed by atoms with Crippen LogP contribution in [0.15, 0.2) is 42.5 Å². The van der Waals surface area contributed by atoms with Gasteiger partial charge in [0.1, 0.15) is 0 Å². The number of halogens is 2. The minimum absolute atomic E-state index is 0.0674. The second-order valence-corrected chi connectivity index (χ2v) is 5.25. The van der Waals surface area contributed by atoms with Gasteiger partial charge in [0, 0.05) is 16.1 Å². The lowest BCUT2D eigenvalue weighted by Crippen LogP contribution is -2.14. The van der Waals surface area contributed by atoms with Crippen molar-refractivity contribution in [1.29, 1.82) is 0 Å². The molecule has 0 radical (unpaired) electrons. The van der Waals surface area contributed by atoms with Gasteiger partial charge in [0.2, 0.25) is 0 Å². The van der Waals surface area contributed by atoms with Crippen molar-refractivity contribution in [2.24, 2.45) is 5.73 Å². The first-order valence-electron chi connectivity index (χ1n) is 5.83. The van der Waals surface area contributed by atoms with Gasteiger partial charge < -0.3 is 5.73 Å². The van der Waals surface area contributed by atoms with Crippen LogP contribution in [0.3, 0.4) is 0 Å². The van der Waals surface area contributed by atoms with Gasteiger partial charge in [0.25, 0.3) is 0 Å². The van der Waals surface area contributed by atoms with Gasteiger partial charge in [-0.25, -0.2) is 0 Å². The van der Waals surface area contributed by atoms with Crippen LogP contribution >= 0.6 is 23.2 Å². The molecule has 0 amide bonds. The zero-order valence-corrected chi connectivity index (χ0v) is 11.7. The molecule has 2 rings (SSSR count). The van der Waals surface area contributed by atoms with Crippen LogP contribution in [0.1, 0.15) is 22.7 Å². The summed E-state index contributed by atoms with van der Waals surface area (Å²) in [6, 6.07) is 13.5. The van der Waals surface area contributed by atoms with Gasteiger partial charge in [-0.05, 0) is 48.2 Å². The predicted molar refractivity (Wildman–Crippen MR) is 78.3 cm³/mol. The second-order valence-electron chi connectivity index (χ2n) is 4.40. The monoisotopic (exact) mass is 279 g/mol. The summed E-state index contributed by atoms with van der Waals surface area (Å²) in [7, 11) is 0. The van der Waals surface area contributed by atoms with E-state index in [2.05, 4.69) is 0 Å². The van der Waals surface area contributed by atoms with Crippen molar-refractivity contribution in [3.05, 3.63) is 69.2 Å². The SMILES string of the molecule is Cc1cc(Cl)ccc1C(N)Cc1ccccc1Cl. The quantitative estimate of drug-likeness (QED) is 0.877. The molecule has 0 saturated carbocycles. The van der Waals surface area contributed by atoms with Crippen molar-refractivity contribution < 1.29 is 0 Å². The summed E-state index contributed by atoms with van der Waals surface area (Å²) in [6.45, 7) is 2.02. The van der Waals surface area contributed by atoms with Gasteiger partial charge in [0.05, 0.1) is 0 Å². The zero-order chi connectivity index (χ0) is 13.1. The highest BCUT2D eigenvalue weighted by molar-refractivity contribution is 6.31. The number of aryl methyl sites for hydroxylation is 1. The molecule has 0 heterocycles. The number of hydrogen-bond donors (Lipinski definition) is 1. The minimum atomic E-state index is -0.0674. The summed E-state index contributed by atoms with van der Waals surface area (Å²) in [5, 5.41) is 1.50. The van der Waals surface area contributed by atoms with Crippen LogP contribution in [0, 0.1) is 6.92 Å².